The quantitative estimate of drug-likeness (QED) is 0.638. The molecule has 1 heterocycles. The van der Waals surface area contributed by atoms with E-state index in [0.717, 1.165) is 5.56 Å². The summed E-state index contributed by atoms with van der Waals surface area (Å²) in [7, 11) is 1.58. The molecule has 24 heavy (non-hydrogen) atoms. The third-order valence-corrected chi connectivity index (χ3v) is 3.63. The van der Waals surface area contributed by atoms with Gasteiger partial charge in [0.2, 0.25) is 0 Å². The molecule has 0 bridgehead atoms. The Labute approximate surface area is 138 Å². The summed E-state index contributed by atoms with van der Waals surface area (Å²) in [5.74, 6) is 0.242. The lowest BCUT2D eigenvalue weighted by Gasteiger charge is -2.24. The van der Waals surface area contributed by atoms with Crippen LogP contribution in [0.3, 0.4) is 0 Å². The molecular formula is C18H16FNO4. The van der Waals surface area contributed by atoms with Gasteiger partial charge in [0, 0.05) is 18.1 Å². The zero-order valence-corrected chi connectivity index (χ0v) is 13.3. The van der Waals surface area contributed by atoms with Crippen molar-refractivity contribution in [2.45, 2.75) is 19.4 Å². The molecule has 6 heteroatoms. The number of carbonyl (C=O) groups is 1. The van der Waals surface area contributed by atoms with Crippen LogP contribution in [0, 0.1) is 5.82 Å². The fourth-order valence-corrected chi connectivity index (χ4v) is 2.43. The molecule has 1 aliphatic rings. The highest BCUT2D eigenvalue weighted by atomic mass is 19.1. The van der Waals surface area contributed by atoms with Gasteiger partial charge in [-0.15, -0.1) is 0 Å². The summed E-state index contributed by atoms with van der Waals surface area (Å²) in [5.41, 5.74) is 1.60. The number of halogens is 1. The number of methoxy groups -OCH3 is 1. The molecule has 1 atom stereocenters. The van der Waals surface area contributed by atoms with Gasteiger partial charge >= 0.3 is 5.97 Å². The average Bonchev–Trinajstić information content (AvgIpc) is 2.59. The molecule has 0 fully saturated rings. The van der Waals surface area contributed by atoms with Gasteiger partial charge in [-0.25, -0.2) is 9.18 Å². The van der Waals surface area contributed by atoms with Gasteiger partial charge in [0.1, 0.15) is 23.4 Å². The highest BCUT2D eigenvalue weighted by molar-refractivity contribution is 6.04. The van der Waals surface area contributed by atoms with Crippen LogP contribution in [0.1, 0.15) is 29.3 Å². The first-order valence-corrected chi connectivity index (χ1v) is 7.45. The van der Waals surface area contributed by atoms with Crippen molar-refractivity contribution >= 4 is 11.7 Å². The van der Waals surface area contributed by atoms with Crippen LogP contribution < -0.4 is 9.47 Å². The standard InChI is InChI=1S/C18H16FNO4/c1-11-9-16(15-8-7-14(22-2)10-17(15)23-11)20-24-18(21)12-3-5-13(19)6-4-12/h3-8,10-11H,9H2,1-2H3/b20-16+/t11-/m1/s1. The molecule has 2 aromatic carbocycles. The van der Waals surface area contributed by atoms with Gasteiger partial charge in [-0.3, -0.25) is 0 Å². The van der Waals surface area contributed by atoms with E-state index in [1.165, 1.54) is 24.3 Å². The summed E-state index contributed by atoms with van der Waals surface area (Å²) in [6.45, 7) is 1.90. The molecule has 0 aromatic heterocycles. The van der Waals surface area contributed by atoms with E-state index >= 15 is 0 Å². The summed E-state index contributed by atoms with van der Waals surface area (Å²) >= 11 is 0. The van der Waals surface area contributed by atoms with Crippen molar-refractivity contribution in [1.29, 1.82) is 0 Å². The number of rotatable bonds is 3. The molecule has 0 N–H and O–H groups in total. The van der Waals surface area contributed by atoms with Crippen LogP contribution in [0.15, 0.2) is 47.6 Å². The lowest BCUT2D eigenvalue weighted by atomic mass is 10.0. The molecule has 5 nitrogen and oxygen atoms in total. The SMILES string of the molecule is COc1ccc2c(c1)O[C@H](C)C/C2=N\OC(=O)c1ccc(F)cc1. The lowest BCUT2D eigenvalue weighted by molar-refractivity contribution is 0.0513. The van der Waals surface area contributed by atoms with Crippen molar-refractivity contribution < 1.29 is 23.5 Å². The number of oxime groups is 1. The molecule has 2 aromatic rings. The van der Waals surface area contributed by atoms with Crippen LogP contribution >= 0.6 is 0 Å². The second-order valence-electron chi connectivity index (χ2n) is 5.42. The summed E-state index contributed by atoms with van der Waals surface area (Å²) in [5, 5.41) is 3.98. The van der Waals surface area contributed by atoms with Gasteiger partial charge in [-0.1, -0.05) is 5.16 Å². The highest BCUT2D eigenvalue weighted by Gasteiger charge is 2.23. The van der Waals surface area contributed by atoms with E-state index in [4.69, 9.17) is 14.3 Å². The Morgan fingerprint density at radius 3 is 2.71 bits per heavy atom. The molecule has 3 rings (SSSR count). The van der Waals surface area contributed by atoms with E-state index in [1.807, 2.05) is 13.0 Å². The topological polar surface area (TPSA) is 57.1 Å². The number of benzene rings is 2. The van der Waals surface area contributed by atoms with Crippen molar-refractivity contribution in [2.24, 2.45) is 5.16 Å². The van der Waals surface area contributed by atoms with Crippen LogP contribution in [-0.2, 0) is 4.84 Å². The first-order valence-electron chi connectivity index (χ1n) is 7.45. The highest BCUT2D eigenvalue weighted by Crippen LogP contribution is 2.31. The Hall–Kier alpha value is -2.89. The molecule has 0 radical (unpaired) electrons. The molecule has 0 saturated heterocycles. The van der Waals surface area contributed by atoms with Crippen LogP contribution in [0.4, 0.5) is 4.39 Å². The zero-order chi connectivity index (χ0) is 17.1. The Bertz CT molecular complexity index is 786. The van der Waals surface area contributed by atoms with E-state index in [2.05, 4.69) is 5.16 Å². The third kappa shape index (κ3) is 3.37. The van der Waals surface area contributed by atoms with Gasteiger partial charge in [0.15, 0.2) is 0 Å². The van der Waals surface area contributed by atoms with E-state index in [1.54, 1.807) is 19.2 Å². The third-order valence-electron chi connectivity index (χ3n) is 3.63. The monoisotopic (exact) mass is 329 g/mol. The van der Waals surface area contributed by atoms with E-state index in [9.17, 15) is 9.18 Å². The lowest BCUT2D eigenvalue weighted by Crippen LogP contribution is -2.25. The minimum atomic E-state index is -0.642. The second kappa shape index (κ2) is 6.70. The molecule has 124 valence electrons. The summed E-state index contributed by atoms with van der Waals surface area (Å²) in [4.78, 5) is 17.0. The summed E-state index contributed by atoms with van der Waals surface area (Å²) in [6, 6.07) is 10.5. The maximum absolute atomic E-state index is 12.9. The van der Waals surface area contributed by atoms with Gasteiger partial charge < -0.3 is 14.3 Å². The van der Waals surface area contributed by atoms with Crippen molar-refractivity contribution in [2.75, 3.05) is 7.11 Å². The number of hydrogen-bond acceptors (Lipinski definition) is 5. The summed E-state index contributed by atoms with van der Waals surface area (Å²) in [6.07, 6.45) is 0.406. The van der Waals surface area contributed by atoms with Gasteiger partial charge in [-0.2, -0.15) is 0 Å². The Morgan fingerprint density at radius 1 is 1.25 bits per heavy atom. The van der Waals surface area contributed by atoms with Crippen LogP contribution in [0.5, 0.6) is 11.5 Å². The number of hydrogen-bond donors (Lipinski definition) is 0. The Morgan fingerprint density at radius 2 is 2.00 bits per heavy atom. The van der Waals surface area contributed by atoms with Crippen molar-refractivity contribution in [3.8, 4) is 11.5 Å². The van der Waals surface area contributed by atoms with Gasteiger partial charge in [0.05, 0.1) is 18.4 Å². The second-order valence-corrected chi connectivity index (χ2v) is 5.42. The van der Waals surface area contributed by atoms with Crippen LogP contribution in [0.2, 0.25) is 0 Å². The molecule has 1 aliphatic heterocycles. The van der Waals surface area contributed by atoms with E-state index in [0.29, 0.717) is 23.6 Å². The first-order chi connectivity index (χ1) is 11.6. The fraction of sp³-hybridized carbons (Fsp3) is 0.222. The smallest absolute Gasteiger partial charge is 0.365 e. The number of nitrogens with zero attached hydrogens (tertiary/aromatic N) is 1. The normalized spacial score (nSPS) is 17.8. The Balaban J connectivity index is 1.83. The predicted octanol–water partition coefficient (Wildman–Crippen LogP) is 3.57. The molecule has 0 spiro atoms. The molecule has 0 saturated carbocycles. The van der Waals surface area contributed by atoms with Crippen LogP contribution in [-0.4, -0.2) is 24.9 Å². The van der Waals surface area contributed by atoms with Gasteiger partial charge in [-0.05, 0) is 43.3 Å². The van der Waals surface area contributed by atoms with Crippen LogP contribution in [0.25, 0.3) is 0 Å². The largest absolute Gasteiger partial charge is 0.497 e. The maximum Gasteiger partial charge on any atom is 0.365 e. The van der Waals surface area contributed by atoms with Gasteiger partial charge in [0.25, 0.3) is 0 Å². The molecule has 0 aliphatic carbocycles. The van der Waals surface area contributed by atoms with Crippen molar-refractivity contribution in [3.63, 3.8) is 0 Å². The molecular weight excluding hydrogens is 313 g/mol. The van der Waals surface area contributed by atoms with Crippen molar-refractivity contribution in [3.05, 3.63) is 59.4 Å². The van der Waals surface area contributed by atoms with E-state index in [-0.39, 0.29) is 11.7 Å². The number of fused-ring (bicyclic) bond motifs is 1. The zero-order valence-electron chi connectivity index (χ0n) is 13.3. The molecule has 0 amide bonds. The average molecular weight is 329 g/mol. The van der Waals surface area contributed by atoms with E-state index < -0.39 is 11.8 Å². The minimum Gasteiger partial charge on any atom is -0.497 e. The first kappa shape index (κ1) is 16.0. The summed E-state index contributed by atoms with van der Waals surface area (Å²) < 4.78 is 23.8. The Kier molecular flexibility index (Phi) is 4.46. The minimum absolute atomic E-state index is 0.104. The fourth-order valence-electron chi connectivity index (χ4n) is 2.43. The predicted molar refractivity (Wildman–Crippen MR) is 86.1 cm³/mol. The van der Waals surface area contributed by atoms with Crippen molar-refractivity contribution in [1.82, 2.24) is 0 Å². The maximum atomic E-state index is 12.9. The molecule has 0 unspecified atom stereocenters. The number of carbonyl (C=O) groups excluding carboxylic acids is 1. The number of ether oxygens (including phenoxy) is 2.